The number of fused-ring (bicyclic) bond motifs is 2. The lowest BCUT2D eigenvalue weighted by Gasteiger charge is -2.22. The largest absolute Gasteiger partial charge is 0.453 e. The summed E-state index contributed by atoms with van der Waals surface area (Å²) in [5.74, 6) is -0.475. The van der Waals surface area contributed by atoms with Crippen molar-refractivity contribution in [1.29, 1.82) is 0 Å². The molecule has 110 valence electrons. The van der Waals surface area contributed by atoms with Crippen LogP contribution >= 0.6 is 0 Å². The van der Waals surface area contributed by atoms with Crippen LogP contribution in [-0.2, 0) is 25.3 Å². The second-order valence-electron chi connectivity index (χ2n) is 5.87. The Kier molecular flexibility index (Phi) is 2.49. The smallest absolute Gasteiger partial charge is 0.303 e. The van der Waals surface area contributed by atoms with Crippen molar-refractivity contribution < 1.29 is 14.3 Å². The van der Waals surface area contributed by atoms with E-state index in [2.05, 4.69) is 5.32 Å². The van der Waals surface area contributed by atoms with Crippen LogP contribution in [0.4, 0.5) is 5.69 Å². The number of benzene rings is 2. The fraction of sp³-hybridized carbons (Fsp3) is 0.222. The normalized spacial score (nSPS) is 28.1. The molecule has 4 nitrogen and oxygen atoms in total. The number of hydrogen-bond donors (Lipinski definition) is 1. The van der Waals surface area contributed by atoms with E-state index in [1.54, 1.807) is 0 Å². The maximum atomic E-state index is 12.7. The Morgan fingerprint density at radius 3 is 2.50 bits per heavy atom. The zero-order valence-electron chi connectivity index (χ0n) is 12.1. The number of anilines is 1. The van der Waals surface area contributed by atoms with Crippen LogP contribution < -0.4 is 5.32 Å². The number of ether oxygens (including phenoxy) is 1. The first-order chi connectivity index (χ1) is 10.6. The van der Waals surface area contributed by atoms with Crippen molar-refractivity contribution in [1.82, 2.24) is 0 Å². The van der Waals surface area contributed by atoms with Crippen molar-refractivity contribution >= 4 is 17.6 Å². The van der Waals surface area contributed by atoms with Gasteiger partial charge in [-0.1, -0.05) is 48.5 Å². The van der Waals surface area contributed by atoms with Crippen molar-refractivity contribution in [2.45, 2.75) is 24.4 Å². The molecule has 4 heteroatoms. The summed E-state index contributed by atoms with van der Waals surface area (Å²) in [5, 5.41) is 2.92. The average molecular weight is 293 g/mol. The van der Waals surface area contributed by atoms with Gasteiger partial charge < -0.3 is 10.1 Å². The third kappa shape index (κ3) is 1.47. The molecule has 2 atom stereocenters. The van der Waals surface area contributed by atoms with E-state index in [-0.39, 0.29) is 11.9 Å². The van der Waals surface area contributed by atoms with Gasteiger partial charge in [-0.3, -0.25) is 9.59 Å². The third-order valence-electron chi connectivity index (χ3n) is 4.66. The Hall–Kier alpha value is -2.62. The standard InChI is InChI=1S/C18H15NO3/c1-12(20)22-18(13-7-3-2-4-8-13)11-17(18)14-9-5-6-10-15(14)19-16(17)21/h2-10H,11H2,1H3,(H,19,21)/t17-,18+/m1/s1. The van der Waals surface area contributed by atoms with Crippen molar-refractivity contribution in [3.05, 3.63) is 65.7 Å². The van der Waals surface area contributed by atoms with Gasteiger partial charge >= 0.3 is 5.97 Å². The molecule has 2 aromatic rings. The van der Waals surface area contributed by atoms with Gasteiger partial charge in [-0.15, -0.1) is 0 Å². The van der Waals surface area contributed by atoms with Gasteiger partial charge in [-0.2, -0.15) is 0 Å². The van der Waals surface area contributed by atoms with Crippen LogP contribution in [-0.4, -0.2) is 11.9 Å². The van der Waals surface area contributed by atoms with Gasteiger partial charge in [-0.05, 0) is 17.2 Å². The maximum Gasteiger partial charge on any atom is 0.303 e. The zero-order chi connectivity index (χ0) is 15.4. The van der Waals surface area contributed by atoms with E-state index in [0.29, 0.717) is 6.42 Å². The number of rotatable bonds is 2. The van der Waals surface area contributed by atoms with Crippen LogP contribution in [0.15, 0.2) is 54.6 Å². The molecular formula is C18H15NO3. The van der Waals surface area contributed by atoms with E-state index in [1.807, 2.05) is 54.6 Å². The Labute approximate surface area is 128 Å². The average Bonchev–Trinajstić information content (AvgIpc) is 3.09. The summed E-state index contributed by atoms with van der Waals surface area (Å²) in [6.45, 7) is 1.38. The van der Waals surface area contributed by atoms with Crippen LogP contribution in [0.1, 0.15) is 24.5 Å². The minimum atomic E-state index is -0.906. The fourth-order valence-corrected chi connectivity index (χ4v) is 3.70. The van der Waals surface area contributed by atoms with Crippen molar-refractivity contribution in [3.63, 3.8) is 0 Å². The van der Waals surface area contributed by atoms with Crippen LogP contribution in [0, 0.1) is 0 Å². The van der Waals surface area contributed by atoms with E-state index in [0.717, 1.165) is 16.8 Å². The van der Waals surface area contributed by atoms with Gasteiger partial charge in [0, 0.05) is 19.0 Å². The minimum Gasteiger partial charge on any atom is -0.453 e. The Bertz CT molecular complexity index is 786. The molecule has 1 saturated carbocycles. The Morgan fingerprint density at radius 1 is 1.09 bits per heavy atom. The van der Waals surface area contributed by atoms with Gasteiger partial charge in [-0.25, -0.2) is 0 Å². The first kappa shape index (κ1) is 13.1. The molecule has 1 fully saturated rings. The van der Waals surface area contributed by atoms with Gasteiger partial charge in [0.15, 0.2) is 5.60 Å². The molecule has 0 aromatic heterocycles. The second-order valence-corrected chi connectivity index (χ2v) is 5.87. The number of hydrogen-bond acceptors (Lipinski definition) is 3. The maximum absolute atomic E-state index is 12.7. The van der Waals surface area contributed by atoms with Crippen molar-refractivity contribution in [2.24, 2.45) is 0 Å². The highest BCUT2D eigenvalue weighted by Gasteiger charge is 2.79. The molecule has 0 radical (unpaired) electrons. The number of esters is 1. The quantitative estimate of drug-likeness (QED) is 0.866. The monoisotopic (exact) mass is 293 g/mol. The predicted octanol–water partition coefficient (Wildman–Crippen LogP) is 2.74. The summed E-state index contributed by atoms with van der Waals surface area (Å²) >= 11 is 0. The molecule has 1 N–H and O–H groups in total. The zero-order valence-corrected chi connectivity index (χ0v) is 12.1. The molecular weight excluding hydrogens is 278 g/mol. The minimum absolute atomic E-state index is 0.0983. The lowest BCUT2D eigenvalue weighted by atomic mass is 9.89. The van der Waals surface area contributed by atoms with Gasteiger partial charge in [0.05, 0.1) is 0 Å². The number of carbonyl (C=O) groups excluding carboxylic acids is 2. The van der Waals surface area contributed by atoms with Gasteiger partial charge in [0.2, 0.25) is 5.91 Å². The molecule has 22 heavy (non-hydrogen) atoms. The van der Waals surface area contributed by atoms with Crippen molar-refractivity contribution in [2.75, 3.05) is 5.32 Å². The van der Waals surface area contributed by atoms with Crippen molar-refractivity contribution in [3.8, 4) is 0 Å². The van der Waals surface area contributed by atoms with Gasteiger partial charge in [0.25, 0.3) is 0 Å². The first-order valence-electron chi connectivity index (χ1n) is 7.26. The molecule has 4 rings (SSSR count). The topological polar surface area (TPSA) is 55.4 Å². The second kappa shape index (κ2) is 4.19. The van der Waals surface area contributed by atoms with E-state index >= 15 is 0 Å². The molecule has 2 aromatic carbocycles. The number of carbonyl (C=O) groups is 2. The number of para-hydroxylation sites is 1. The fourth-order valence-electron chi connectivity index (χ4n) is 3.70. The molecule has 1 spiro atoms. The lowest BCUT2D eigenvalue weighted by Crippen LogP contribution is -2.32. The Morgan fingerprint density at radius 2 is 1.77 bits per heavy atom. The van der Waals surface area contributed by atoms with Gasteiger partial charge in [0.1, 0.15) is 5.41 Å². The van der Waals surface area contributed by atoms with E-state index in [9.17, 15) is 9.59 Å². The Balaban J connectivity index is 1.90. The highest BCUT2D eigenvalue weighted by atomic mass is 16.6. The molecule has 0 bridgehead atoms. The molecule has 1 amide bonds. The summed E-state index contributed by atoms with van der Waals surface area (Å²) in [7, 11) is 0. The molecule has 1 aliphatic heterocycles. The predicted molar refractivity (Wildman–Crippen MR) is 81.3 cm³/mol. The summed E-state index contributed by atoms with van der Waals surface area (Å²) in [5.41, 5.74) is 0.854. The molecule has 2 aliphatic rings. The van der Waals surface area contributed by atoms with Crippen LogP contribution in [0.2, 0.25) is 0 Å². The van der Waals surface area contributed by atoms with E-state index < -0.39 is 11.0 Å². The molecule has 0 unspecified atom stereocenters. The van der Waals surface area contributed by atoms with E-state index in [1.165, 1.54) is 6.92 Å². The van der Waals surface area contributed by atoms with Crippen LogP contribution in [0.5, 0.6) is 0 Å². The van der Waals surface area contributed by atoms with Crippen LogP contribution in [0.3, 0.4) is 0 Å². The van der Waals surface area contributed by atoms with E-state index in [4.69, 9.17) is 4.74 Å². The summed E-state index contributed by atoms with van der Waals surface area (Å²) < 4.78 is 5.70. The van der Waals surface area contributed by atoms with Crippen LogP contribution in [0.25, 0.3) is 0 Å². The molecule has 1 heterocycles. The molecule has 1 aliphatic carbocycles. The highest BCUT2D eigenvalue weighted by molar-refractivity contribution is 6.10. The first-order valence-corrected chi connectivity index (χ1v) is 7.26. The molecule has 0 saturated heterocycles. The number of nitrogens with one attached hydrogen (secondary N) is 1. The highest BCUT2D eigenvalue weighted by Crippen LogP contribution is 2.69. The SMILES string of the molecule is CC(=O)O[C@]1(c2ccccc2)C[C@@]12C(=O)Nc1ccccc12. The summed E-state index contributed by atoms with van der Waals surface area (Å²) in [6.07, 6.45) is 0.479. The number of amides is 1. The third-order valence-corrected chi connectivity index (χ3v) is 4.66. The summed E-state index contributed by atoms with van der Waals surface area (Å²) in [6, 6.07) is 17.1. The lowest BCUT2D eigenvalue weighted by molar-refractivity contribution is -0.151. The summed E-state index contributed by atoms with van der Waals surface area (Å²) in [4.78, 5) is 24.4.